The summed E-state index contributed by atoms with van der Waals surface area (Å²) >= 11 is 0. The Morgan fingerprint density at radius 3 is 2.23 bits per heavy atom. The maximum atomic E-state index is 10.5. The highest BCUT2D eigenvalue weighted by Crippen LogP contribution is 2.00. The molecule has 6 N–H and O–H groups in total. The number of amides is 1. The number of carbonyl (C=O) groups excluding carboxylic acids is 1. The summed E-state index contributed by atoms with van der Waals surface area (Å²) in [6, 6.07) is 0. The molecular formula is C8H20ClN3O. The Labute approximate surface area is 86.2 Å². The predicted molar refractivity (Wildman–Crippen MR) is 52.1 cm³/mol. The van der Waals surface area contributed by atoms with E-state index in [9.17, 15) is 4.79 Å². The summed E-state index contributed by atoms with van der Waals surface area (Å²) in [5.41, 5.74) is 5.52. The molecule has 0 saturated heterocycles. The minimum Gasteiger partial charge on any atom is -1.00 e. The van der Waals surface area contributed by atoms with Gasteiger partial charge in [-0.05, 0) is 33.5 Å². The van der Waals surface area contributed by atoms with Gasteiger partial charge in [-0.15, -0.1) is 0 Å². The van der Waals surface area contributed by atoms with Crippen molar-refractivity contribution in [1.82, 2.24) is 11.1 Å². The van der Waals surface area contributed by atoms with Crippen molar-refractivity contribution in [3.63, 3.8) is 0 Å². The Morgan fingerprint density at radius 2 is 1.92 bits per heavy atom. The lowest BCUT2D eigenvalue weighted by atomic mass is 10.1. The van der Waals surface area contributed by atoms with Crippen LogP contribution in [0.5, 0.6) is 0 Å². The van der Waals surface area contributed by atoms with E-state index >= 15 is 0 Å². The summed E-state index contributed by atoms with van der Waals surface area (Å²) in [5, 5.41) is 0. The summed E-state index contributed by atoms with van der Waals surface area (Å²) < 4.78 is 0. The van der Waals surface area contributed by atoms with E-state index in [4.69, 9.17) is 5.73 Å². The van der Waals surface area contributed by atoms with Crippen LogP contribution in [0.2, 0.25) is 0 Å². The predicted octanol–water partition coefficient (Wildman–Crippen LogP) is -2.25. The fourth-order valence-electron chi connectivity index (χ4n) is 0.732. The number of primary amides is 1. The van der Waals surface area contributed by atoms with E-state index in [2.05, 4.69) is 11.5 Å². The smallest absolute Gasteiger partial charge is 0.244 e. The van der Waals surface area contributed by atoms with Crippen molar-refractivity contribution in [2.75, 3.05) is 20.6 Å². The van der Waals surface area contributed by atoms with Crippen molar-refractivity contribution in [3.05, 3.63) is 12.2 Å². The van der Waals surface area contributed by atoms with Gasteiger partial charge in [-0.25, -0.2) is 0 Å². The number of nitrogens with zero attached hydrogens (tertiary/aromatic N) is 1. The Hall–Kier alpha value is -0.580. The lowest BCUT2D eigenvalue weighted by Crippen LogP contribution is -3.00. The van der Waals surface area contributed by atoms with E-state index < -0.39 is 0 Å². The van der Waals surface area contributed by atoms with Gasteiger partial charge in [0.05, 0.1) is 0 Å². The standard InChI is InChI=1S/C8H16N2O.ClH.H3N/c1-7(8(9)11)5-4-6-10(2)3;;/h1,4-6H2,2-3H3,(H2,9,11);1H;1H3. The lowest BCUT2D eigenvalue weighted by Gasteiger charge is -2.08. The average molecular weight is 210 g/mol. The van der Waals surface area contributed by atoms with Crippen molar-refractivity contribution in [2.45, 2.75) is 12.8 Å². The van der Waals surface area contributed by atoms with Crippen LogP contribution < -0.4 is 24.3 Å². The first-order valence-corrected chi connectivity index (χ1v) is 3.66. The molecule has 0 bridgehead atoms. The molecule has 0 spiro atoms. The van der Waals surface area contributed by atoms with Crippen LogP contribution >= 0.6 is 0 Å². The summed E-state index contributed by atoms with van der Waals surface area (Å²) in [5.74, 6) is -0.385. The molecule has 0 aromatic carbocycles. The molecule has 4 nitrogen and oxygen atoms in total. The van der Waals surface area contributed by atoms with Crippen molar-refractivity contribution in [1.29, 1.82) is 0 Å². The normalized spacial score (nSPS) is 8.54. The van der Waals surface area contributed by atoms with Crippen molar-refractivity contribution in [3.8, 4) is 0 Å². The quantitative estimate of drug-likeness (QED) is 0.502. The zero-order valence-electron chi connectivity index (χ0n) is 8.64. The van der Waals surface area contributed by atoms with Crippen molar-refractivity contribution < 1.29 is 17.2 Å². The Morgan fingerprint density at radius 1 is 1.46 bits per heavy atom. The molecule has 0 aliphatic rings. The number of hydrogen-bond acceptors (Lipinski definition) is 2. The van der Waals surface area contributed by atoms with Crippen LogP contribution in [0.25, 0.3) is 0 Å². The van der Waals surface area contributed by atoms with Crippen LogP contribution in [-0.2, 0) is 4.79 Å². The first kappa shape index (κ1) is 18.3. The molecule has 0 aliphatic carbocycles. The van der Waals surface area contributed by atoms with Crippen molar-refractivity contribution >= 4 is 5.91 Å². The minimum absolute atomic E-state index is 0. The Bertz CT molecular complexity index is 159. The molecular weight excluding hydrogens is 190 g/mol. The summed E-state index contributed by atoms with van der Waals surface area (Å²) in [7, 11) is 3.99. The van der Waals surface area contributed by atoms with E-state index in [1.165, 1.54) is 0 Å². The van der Waals surface area contributed by atoms with Gasteiger partial charge in [-0.1, -0.05) is 6.58 Å². The lowest BCUT2D eigenvalue weighted by molar-refractivity contribution is -0.114. The zero-order chi connectivity index (χ0) is 8.85. The van der Waals surface area contributed by atoms with Crippen LogP contribution in [0.1, 0.15) is 12.8 Å². The maximum Gasteiger partial charge on any atom is 0.244 e. The molecule has 0 saturated carbocycles. The maximum absolute atomic E-state index is 10.5. The summed E-state index contributed by atoms with van der Waals surface area (Å²) in [4.78, 5) is 12.5. The summed E-state index contributed by atoms with van der Waals surface area (Å²) in [6.07, 6.45) is 1.64. The highest BCUT2D eigenvalue weighted by Gasteiger charge is 2.00. The topological polar surface area (TPSA) is 82.8 Å². The third kappa shape index (κ3) is 11.4. The van der Waals surface area contributed by atoms with Gasteiger partial charge < -0.3 is 29.2 Å². The van der Waals surface area contributed by atoms with Gasteiger partial charge in [0.25, 0.3) is 0 Å². The third-order valence-electron chi connectivity index (χ3n) is 1.43. The van der Waals surface area contributed by atoms with E-state index in [-0.39, 0.29) is 24.5 Å². The van der Waals surface area contributed by atoms with Gasteiger partial charge in [0, 0.05) is 5.57 Å². The van der Waals surface area contributed by atoms with E-state index in [1.807, 2.05) is 14.1 Å². The number of hydrogen-bond donors (Lipinski definition) is 2. The number of quaternary nitrogens is 1. The van der Waals surface area contributed by atoms with Crippen LogP contribution in [0.15, 0.2) is 12.2 Å². The molecule has 80 valence electrons. The van der Waals surface area contributed by atoms with Crippen LogP contribution in [-0.4, -0.2) is 31.4 Å². The minimum atomic E-state index is -0.385. The van der Waals surface area contributed by atoms with Gasteiger partial charge in [0.2, 0.25) is 5.91 Å². The van der Waals surface area contributed by atoms with Crippen LogP contribution in [0.3, 0.4) is 0 Å². The molecule has 0 atom stereocenters. The van der Waals surface area contributed by atoms with Gasteiger partial charge in [-0.3, -0.25) is 4.79 Å². The molecule has 0 radical (unpaired) electrons. The largest absolute Gasteiger partial charge is 1.00 e. The van der Waals surface area contributed by atoms with Gasteiger partial charge >= 0.3 is 0 Å². The number of halogens is 1. The second-order valence-corrected chi connectivity index (χ2v) is 2.87. The molecule has 0 aromatic rings. The molecule has 0 aliphatic heterocycles. The Kier molecular flexibility index (Phi) is 13.3. The van der Waals surface area contributed by atoms with Crippen molar-refractivity contribution in [2.24, 2.45) is 5.73 Å². The molecule has 0 rings (SSSR count). The second-order valence-electron chi connectivity index (χ2n) is 2.87. The van der Waals surface area contributed by atoms with E-state index in [0.717, 1.165) is 13.0 Å². The third-order valence-corrected chi connectivity index (χ3v) is 1.43. The fraction of sp³-hybridized carbons (Fsp3) is 0.625. The first-order chi connectivity index (χ1) is 5.04. The molecule has 0 heterocycles. The van der Waals surface area contributed by atoms with Gasteiger partial charge in [-0.2, -0.15) is 0 Å². The van der Waals surface area contributed by atoms with Crippen LogP contribution in [0, 0.1) is 0 Å². The molecule has 0 aromatic heterocycles. The van der Waals surface area contributed by atoms with E-state index in [0.29, 0.717) is 12.0 Å². The molecule has 0 fully saturated rings. The number of rotatable bonds is 5. The summed E-state index contributed by atoms with van der Waals surface area (Å²) in [6.45, 7) is 4.52. The number of nitrogens with two attached hydrogens (primary N) is 1. The van der Waals surface area contributed by atoms with Crippen LogP contribution in [0.4, 0.5) is 0 Å². The average Bonchev–Trinajstić information content (AvgIpc) is 1.86. The highest BCUT2D eigenvalue weighted by molar-refractivity contribution is 5.91. The van der Waals surface area contributed by atoms with E-state index in [1.54, 1.807) is 0 Å². The van der Waals surface area contributed by atoms with Gasteiger partial charge in [0.15, 0.2) is 0 Å². The molecule has 0 unspecified atom stereocenters. The monoisotopic (exact) mass is 209 g/mol. The highest BCUT2D eigenvalue weighted by atomic mass is 35.5. The Balaban J connectivity index is -0.000000500. The second kappa shape index (κ2) is 9.51. The molecule has 13 heavy (non-hydrogen) atoms. The first-order valence-electron chi connectivity index (χ1n) is 3.66. The zero-order valence-corrected chi connectivity index (χ0v) is 9.40. The SMILES string of the molecule is C=C(CCCN(C)C)C(N)=O.[Cl-].[NH4+]. The number of carbonyl (C=O) groups is 1. The van der Waals surface area contributed by atoms with Gasteiger partial charge in [0.1, 0.15) is 0 Å². The molecule has 1 amide bonds. The molecule has 5 heteroatoms. The fourth-order valence-corrected chi connectivity index (χ4v) is 0.732.